The normalized spacial score (nSPS) is 11.1. The summed E-state index contributed by atoms with van der Waals surface area (Å²) in [6, 6.07) is 17.7. The maximum Gasteiger partial charge on any atom is 0.213 e. The third-order valence-electron chi connectivity index (χ3n) is 3.63. The summed E-state index contributed by atoms with van der Waals surface area (Å²) in [7, 11) is 0. The second-order valence-corrected chi connectivity index (χ2v) is 5.15. The summed E-state index contributed by atoms with van der Waals surface area (Å²) in [5, 5.41) is 10.5. The Morgan fingerprint density at radius 3 is 2.50 bits per heavy atom. The molecule has 3 aromatic rings. The number of para-hydroxylation sites is 1. The average Bonchev–Trinajstić information content (AvgIpc) is 2.56. The Balaban J connectivity index is 2.02. The lowest BCUT2D eigenvalue weighted by Crippen LogP contribution is -2.33. The molecule has 0 saturated carbocycles. The van der Waals surface area contributed by atoms with Gasteiger partial charge in [0.2, 0.25) is 5.52 Å². The summed E-state index contributed by atoms with van der Waals surface area (Å²) in [6.07, 6.45) is 8.14. The standard InChI is InChI=1S/C20H17NO/c1-2-14-21-15-13-17(19-5-3-4-6-20(19)21)10-7-16-8-11-18(22)12-9-16/h2-13,15H,1,14H2/p+1. The van der Waals surface area contributed by atoms with Gasteiger partial charge >= 0.3 is 0 Å². The molecule has 2 aromatic carbocycles. The highest BCUT2D eigenvalue weighted by Crippen LogP contribution is 2.19. The zero-order chi connectivity index (χ0) is 15.4. The minimum Gasteiger partial charge on any atom is -0.508 e. The van der Waals surface area contributed by atoms with E-state index in [0.717, 1.165) is 12.1 Å². The monoisotopic (exact) mass is 288 g/mol. The maximum absolute atomic E-state index is 9.33. The van der Waals surface area contributed by atoms with Crippen molar-refractivity contribution in [1.82, 2.24) is 0 Å². The molecular weight excluding hydrogens is 270 g/mol. The van der Waals surface area contributed by atoms with Crippen LogP contribution in [0, 0.1) is 0 Å². The molecule has 2 nitrogen and oxygen atoms in total. The third-order valence-corrected chi connectivity index (χ3v) is 3.63. The number of pyridine rings is 1. The minimum absolute atomic E-state index is 0.285. The molecule has 0 unspecified atom stereocenters. The lowest BCUT2D eigenvalue weighted by molar-refractivity contribution is -0.660. The second-order valence-electron chi connectivity index (χ2n) is 5.15. The summed E-state index contributed by atoms with van der Waals surface area (Å²) in [5.74, 6) is 0.285. The van der Waals surface area contributed by atoms with Crippen molar-refractivity contribution in [3.8, 4) is 5.75 Å². The van der Waals surface area contributed by atoms with Gasteiger partial charge in [0.15, 0.2) is 12.7 Å². The zero-order valence-electron chi connectivity index (χ0n) is 12.3. The second kappa shape index (κ2) is 6.27. The molecule has 108 valence electrons. The number of allylic oxidation sites excluding steroid dienone is 1. The molecule has 1 heterocycles. The number of fused-ring (bicyclic) bond motifs is 1. The average molecular weight is 288 g/mol. The Bertz CT molecular complexity index is 832. The van der Waals surface area contributed by atoms with Gasteiger partial charge in [-0.05, 0) is 35.4 Å². The van der Waals surface area contributed by atoms with Crippen LogP contribution < -0.4 is 4.57 Å². The molecule has 0 atom stereocenters. The van der Waals surface area contributed by atoms with Gasteiger partial charge in [-0.1, -0.05) is 43.0 Å². The molecule has 0 aliphatic rings. The van der Waals surface area contributed by atoms with Crippen LogP contribution in [0.3, 0.4) is 0 Å². The Morgan fingerprint density at radius 2 is 1.73 bits per heavy atom. The van der Waals surface area contributed by atoms with Crippen molar-refractivity contribution < 1.29 is 9.67 Å². The first kappa shape index (κ1) is 14.1. The Hall–Kier alpha value is -2.87. The Kier molecular flexibility index (Phi) is 4.01. The number of nitrogens with zero attached hydrogens (tertiary/aromatic N) is 1. The number of phenols is 1. The number of rotatable bonds is 4. The van der Waals surface area contributed by atoms with Crippen LogP contribution in [0.25, 0.3) is 23.1 Å². The first-order valence-corrected chi connectivity index (χ1v) is 7.27. The van der Waals surface area contributed by atoms with E-state index in [0.29, 0.717) is 0 Å². The van der Waals surface area contributed by atoms with Crippen LogP contribution in [0.2, 0.25) is 0 Å². The fourth-order valence-corrected chi connectivity index (χ4v) is 2.52. The van der Waals surface area contributed by atoms with Crippen LogP contribution in [0.4, 0.5) is 0 Å². The van der Waals surface area contributed by atoms with Crippen LogP contribution in [0.1, 0.15) is 11.1 Å². The summed E-state index contributed by atoms with van der Waals surface area (Å²) in [4.78, 5) is 0. The highest BCUT2D eigenvalue weighted by molar-refractivity contribution is 5.88. The highest BCUT2D eigenvalue weighted by atomic mass is 16.3. The topological polar surface area (TPSA) is 24.1 Å². The molecule has 2 heteroatoms. The van der Waals surface area contributed by atoms with Gasteiger partial charge in [-0.3, -0.25) is 0 Å². The number of phenolic OH excluding ortho intramolecular Hbond substituents is 1. The van der Waals surface area contributed by atoms with Crippen molar-refractivity contribution in [3.63, 3.8) is 0 Å². The van der Waals surface area contributed by atoms with Gasteiger partial charge in [0.05, 0.1) is 5.39 Å². The smallest absolute Gasteiger partial charge is 0.213 e. The molecule has 0 radical (unpaired) electrons. The number of hydrogen-bond acceptors (Lipinski definition) is 1. The van der Waals surface area contributed by atoms with Crippen LogP contribution in [-0.4, -0.2) is 5.11 Å². The largest absolute Gasteiger partial charge is 0.508 e. The molecule has 1 aromatic heterocycles. The van der Waals surface area contributed by atoms with Crippen molar-refractivity contribution in [2.45, 2.75) is 6.54 Å². The molecule has 0 saturated heterocycles. The Labute approximate surface area is 130 Å². The molecule has 3 rings (SSSR count). The van der Waals surface area contributed by atoms with Crippen molar-refractivity contribution in [3.05, 3.63) is 84.6 Å². The van der Waals surface area contributed by atoms with Crippen molar-refractivity contribution in [1.29, 1.82) is 0 Å². The van der Waals surface area contributed by atoms with Crippen LogP contribution in [-0.2, 0) is 6.54 Å². The SMILES string of the molecule is C=CC[n+]1ccc(/C=C/c2ccc(O)cc2)c2ccccc21. The van der Waals surface area contributed by atoms with Gasteiger partial charge in [0.1, 0.15) is 5.75 Å². The van der Waals surface area contributed by atoms with E-state index in [1.807, 2.05) is 18.2 Å². The van der Waals surface area contributed by atoms with E-state index in [1.54, 1.807) is 12.1 Å². The van der Waals surface area contributed by atoms with Gasteiger partial charge in [-0.25, -0.2) is 0 Å². The molecule has 0 fully saturated rings. The van der Waals surface area contributed by atoms with E-state index in [4.69, 9.17) is 0 Å². The summed E-state index contributed by atoms with van der Waals surface area (Å²) in [5.41, 5.74) is 3.42. The summed E-state index contributed by atoms with van der Waals surface area (Å²) < 4.78 is 2.18. The van der Waals surface area contributed by atoms with E-state index in [2.05, 4.69) is 59.8 Å². The predicted octanol–water partition coefficient (Wildman–Crippen LogP) is 4.19. The first-order valence-electron chi connectivity index (χ1n) is 7.27. The Morgan fingerprint density at radius 1 is 0.955 bits per heavy atom. The van der Waals surface area contributed by atoms with Crippen molar-refractivity contribution in [2.75, 3.05) is 0 Å². The summed E-state index contributed by atoms with van der Waals surface area (Å²) in [6.45, 7) is 4.61. The predicted molar refractivity (Wildman–Crippen MR) is 91.4 cm³/mol. The fraction of sp³-hybridized carbons (Fsp3) is 0.0500. The molecule has 1 N–H and O–H groups in total. The first-order chi connectivity index (χ1) is 10.8. The van der Waals surface area contributed by atoms with Crippen LogP contribution in [0.5, 0.6) is 5.75 Å². The van der Waals surface area contributed by atoms with Crippen molar-refractivity contribution >= 4 is 23.1 Å². The lowest BCUT2D eigenvalue weighted by Gasteiger charge is -2.02. The maximum atomic E-state index is 9.33. The van der Waals surface area contributed by atoms with Gasteiger partial charge < -0.3 is 5.11 Å². The summed E-state index contributed by atoms with van der Waals surface area (Å²) >= 11 is 0. The van der Waals surface area contributed by atoms with Gasteiger partial charge in [-0.2, -0.15) is 4.57 Å². The third kappa shape index (κ3) is 2.91. The van der Waals surface area contributed by atoms with Crippen molar-refractivity contribution in [2.24, 2.45) is 0 Å². The molecule has 0 amide bonds. The molecule has 0 bridgehead atoms. The van der Waals surface area contributed by atoms with E-state index >= 15 is 0 Å². The van der Waals surface area contributed by atoms with Crippen LogP contribution in [0.15, 0.2) is 73.4 Å². The van der Waals surface area contributed by atoms with Crippen LogP contribution >= 0.6 is 0 Å². The molecule has 0 aliphatic carbocycles. The number of aromatic hydroxyl groups is 1. The van der Waals surface area contributed by atoms with E-state index in [-0.39, 0.29) is 5.75 Å². The lowest BCUT2D eigenvalue weighted by atomic mass is 10.1. The molecule has 0 spiro atoms. The number of aromatic nitrogens is 1. The zero-order valence-corrected chi connectivity index (χ0v) is 12.3. The molecule has 0 aliphatic heterocycles. The van der Waals surface area contributed by atoms with E-state index in [1.165, 1.54) is 16.5 Å². The minimum atomic E-state index is 0.285. The fourth-order valence-electron chi connectivity index (χ4n) is 2.52. The quantitative estimate of drug-likeness (QED) is 0.565. The van der Waals surface area contributed by atoms with Gasteiger partial charge in [0, 0.05) is 12.1 Å². The van der Waals surface area contributed by atoms with Gasteiger partial charge in [-0.15, -0.1) is 0 Å². The molecular formula is C20H18NO+. The van der Waals surface area contributed by atoms with E-state index in [9.17, 15) is 5.11 Å². The van der Waals surface area contributed by atoms with E-state index < -0.39 is 0 Å². The van der Waals surface area contributed by atoms with Gasteiger partial charge in [0.25, 0.3) is 0 Å². The number of hydrogen-bond donors (Lipinski definition) is 1. The molecule has 22 heavy (non-hydrogen) atoms. The highest BCUT2D eigenvalue weighted by Gasteiger charge is 2.08. The number of benzene rings is 2.